The van der Waals surface area contributed by atoms with Crippen molar-refractivity contribution in [3.63, 3.8) is 0 Å². The predicted molar refractivity (Wildman–Crippen MR) is 135 cm³/mol. The van der Waals surface area contributed by atoms with Gasteiger partial charge < -0.3 is 18.8 Å². The highest BCUT2D eigenvalue weighted by Crippen LogP contribution is 2.45. The van der Waals surface area contributed by atoms with Crippen molar-refractivity contribution >= 4 is 0 Å². The molecule has 1 saturated carbocycles. The minimum Gasteiger partial charge on any atom is -0.490 e. The van der Waals surface area contributed by atoms with Gasteiger partial charge in [-0.2, -0.15) is 4.98 Å². The number of halogens is 2. The lowest BCUT2D eigenvalue weighted by Crippen LogP contribution is -2.05. The molecule has 5 rings (SSSR count). The minimum atomic E-state index is -2.63. The summed E-state index contributed by atoms with van der Waals surface area (Å²) in [5, 5.41) is 0. The molecule has 38 heavy (non-hydrogen) atoms. The Kier molecular flexibility index (Phi) is 7.17. The lowest BCUT2D eigenvalue weighted by molar-refractivity contribution is 0.146. The monoisotopic (exact) mass is 522 g/mol. The van der Waals surface area contributed by atoms with E-state index in [4.69, 9.17) is 14.2 Å². The number of benzene rings is 1. The lowest BCUT2D eigenvalue weighted by Gasteiger charge is -2.14. The zero-order valence-electron chi connectivity index (χ0n) is 21.6. The van der Waals surface area contributed by atoms with Crippen LogP contribution in [0, 0.1) is 0 Å². The van der Waals surface area contributed by atoms with Crippen molar-refractivity contribution in [1.82, 2.24) is 29.5 Å². The van der Waals surface area contributed by atoms with E-state index >= 15 is 0 Å². The third kappa shape index (κ3) is 5.13. The number of aromatic nitrogens is 6. The highest BCUT2D eigenvalue weighted by atomic mass is 19.3. The molecule has 198 valence electrons. The molecule has 0 N–H and O–H groups in total. The van der Waals surface area contributed by atoms with Gasteiger partial charge in [0.25, 0.3) is 12.3 Å². The molecule has 1 fully saturated rings. The molecule has 0 atom stereocenters. The Morgan fingerprint density at radius 2 is 1.74 bits per heavy atom. The van der Waals surface area contributed by atoms with Crippen molar-refractivity contribution in [3.05, 3.63) is 59.9 Å². The number of imidazole rings is 1. The highest BCUT2D eigenvalue weighted by Gasteiger charge is 2.31. The van der Waals surface area contributed by atoms with Crippen molar-refractivity contribution < 1.29 is 23.0 Å². The van der Waals surface area contributed by atoms with Crippen LogP contribution in [-0.4, -0.2) is 43.7 Å². The summed E-state index contributed by atoms with van der Waals surface area (Å²) >= 11 is 0. The van der Waals surface area contributed by atoms with E-state index in [1.54, 1.807) is 17.9 Å². The van der Waals surface area contributed by atoms with E-state index in [0.29, 0.717) is 34.8 Å². The minimum absolute atomic E-state index is 0.0125. The van der Waals surface area contributed by atoms with E-state index in [-0.39, 0.29) is 24.2 Å². The van der Waals surface area contributed by atoms with Crippen LogP contribution in [-0.2, 0) is 6.61 Å². The Hall–Kier alpha value is -4.15. The Balaban J connectivity index is 1.39. The van der Waals surface area contributed by atoms with Crippen molar-refractivity contribution in [2.45, 2.75) is 51.7 Å². The molecule has 0 radical (unpaired) electrons. The number of methoxy groups -OCH3 is 2. The summed E-state index contributed by atoms with van der Waals surface area (Å²) in [7, 11) is 3.07. The van der Waals surface area contributed by atoms with Crippen LogP contribution < -0.4 is 14.2 Å². The highest BCUT2D eigenvalue weighted by molar-refractivity contribution is 5.66. The van der Waals surface area contributed by atoms with Gasteiger partial charge in [0, 0.05) is 23.7 Å². The van der Waals surface area contributed by atoms with Crippen LogP contribution >= 0.6 is 0 Å². The van der Waals surface area contributed by atoms with Crippen molar-refractivity contribution in [1.29, 1.82) is 0 Å². The van der Waals surface area contributed by atoms with Crippen LogP contribution in [0.4, 0.5) is 8.78 Å². The number of ether oxygens (including phenoxy) is 3. The van der Waals surface area contributed by atoms with Crippen molar-refractivity contribution in [3.8, 4) is 40.3 Å². The maximum absolute atomic E-state index is 13.2. The van der Waals surface area contributed by atoms with Gasteiger partial charge in [0.15, 0.2) is 11.6 Å². The molecular formula is C27H28F2N6O3. The van der Waals surface area contributed by atoms with Gasteiger partial charge in [-0.05, 0) is 32.3 Å². The molecule has 0 saturated heterocycles. The Morgan fingerprint density at radius 3 is 2.37 bits per heavy atom. The van der Waals surface area contributed by atoms with Gasteiger partial charge in [0.2, 0.25) is 5.88 Å². The number of nitrogens with zero attached hydrogens (tertiary/aromatic N) is 6. The molecule has 0 aliphatic heterocycles. The second-order valence-electron chi connectivity index (χ2n) is 9.26. The molecule has 0 amide bonds. The smallest absolute Gasteiger partial charge is 0.281 e. The summed E-state index contributed by atoms with van der Waals surface area (Å²) in [5.41, 5.74) is 2.86. The topological polar surface area (TPSA) is 97.1 Å². The standard InChI is InChI=1S/C27H28F2N6O3/c1-15(2)35-12-19(23(28)29)33-25(35)18-7-5-16(6-8-18)13-38-26-20(36-3)11-30-24(34-26)21-22(17-9-10-17)31-14-32-27(21)37-4/h5-8,11-12,14-15,17,23H,9-10,13H2,1-4H3. The van der Waals surface area contributed by atoms with Crippen molar-refractivity contribution in [2.24, 2.45) is 0 Å². The lowest BCUT2D eigenvalue weighted by atomic mass is 10.1. The maximum atomic E-state index is 13.2. The average Bonchev–Trinajstić information content (AvgIpc) is 3.68. The van der Waals surface area contributed by atoms with Gasteiger partial charge in [-0.1, -0.05) is 24.3 Å². The largest absolute Gasteiger partial charge is 0.490 e. The zero-order chi connectivity index (χ0) is 26.8. The van der Waals surface area contributed by atoms with E-state index in [0.717, 1.165) is 29.7 Å². The van der Waals surface area contributed by atoms with Crippen LogP contribution in [0.3, 0.4) is 0 Å². The first kappa shape index (κ1) is 25.5. The van der Waals surface area contributed by atoms with Crippen molar-refractivity contribution in [2.75, 3.05) is 14.2 Å². The van der Waals surface area contributed by atoms with Gasteiger partial charge in [-0.3, -0.25) is 0 Å². The first-order chi connectivity index (χ1) is 18.4. The molecule has 3 aromatic heterocycles. The SMILES string of the molecule is COc1cnc(-c2c(OC)ncnc2C2CC2)nc1OCc1ccc(-c2nc(C(F)F)cn2C(C)C)cc1. The predicted octanol–water partition coefficient (Wildman–Crippen LogP) is 5.79. The first-order valence-corrected chi connectivity index (χ1v) is 12.3. The maximum Gasteiger partial charge on any atom is 0.281 e. The molecule has 3 heterocycles. The Labute approximate surface area is 218 Å². The summed E-state index contributed by atoms with van der Waals surface area (Å²) < 4.78 is 45.2. The third-order valence-corrected chi connectivity index (χ3v) is 6.28. The second kappa shape index (κ2) is 10.7. The zero-order valence-corrected chi connectivity index (χ0v) is 21.6. The van der Waals surface area contributed by atoms with Gasteiger partial charge in [-0.25, -0.2) is 28.7 Å². The van der Waals surface area contributed by atoms with Gasteiger partial charge >= 0.3 is 0 Å². The summed E-state index contributed by atoms with van der Waals surface area (Å²) in [4.78, 5) is 21.9. The molecule has 11 heteroatoms. The molecular weight excluding hydrogens is 494 g/mol. The third-order valence-electron chi connectivity index (χ3n) is 6.28. The fourth-order valence-electron chi connectivity index (χ4n) is 4.16. The number of alkyl halides is 2. The normalized spacial score (nSPS) is 13.3. The first-order valence-electron chi connectivity index (χ1n) is 12.3. The molecule has 4 aromatic rings. The molecule has 9 nitrogen and oxygen atoms in total. The summed E-state index contributed by atoms with van der Waals surface area (Å²) in [6, 6.07) is 7.40. The van der Waals surface area contributed by atoms with Crippen LogP contribution in [0.15, 0.2) is 43.0 Å². The molecule has 0 bridgehead atoms. The number of hydrogen-bond donors (Lipinski definition) is 0. The molecule has 0 unspecified atom stereocenters. The van der Waals surface area contributed by atoms with E-state index in [1.165, 1.54) is 19.6 Å². The average molecular weight is 523 g/mol. The molecule has 1 aromatic carbocycles. The summed E-state index contributed by atoms with van der Waals surface area (Å²) in [6.45, 7) is 4.05. The van der Waals surface area contributed by atoms with E-state index < -0.39 is 6.43 Å². The molecule has 0 spiro atoms. The van der Waals surface area contributed by atoms with E-state index in [9.17, 15) is 8.78 Å². The molecule has 1 aliphatic carbocycles. The fraction of sp³-hybridized carbons (Fsp3) is 0.370. The second-order valence-corrected chi connectivity index (χ2v) is 9.26. The number of hydrogen-bond acceptors (Lipinski definition) is 8. The summed E-state index contributed by atoms with van der Waals surface area (Å²) in [5.74, 6) is 2.28. The van der Waals surface area contributed by atoms with Gasteiger partial charge in [0.1, 0.15) is 30.0 Å². The van der Waals surface area contributed by atoms with Crippen LogP contribution in [0.2, 0.25) is 0 Å². The fourth-order valence-corrected chi connectivity index (χ4v) is 4.16. The quantitative estimate of drug-likeness (QED) is 0.258. The van der Waals surface area contributed by atoms with E-state index in [1.807, 2.05) is 38.1 Å². The van der Waals surface area contributed by atoms with Gasteiger partial charge in [0.05, 0.1) is 26.1 Å². The van der Waals surface area contributed by atoms with Crippen LogP contribution in [0.1, 0.15) is 62.0 Å². The van der Waals surface area contributed by atoms with Gasteiger partial charge in [-0.15, -0.1) is 0 Å². The van der Waals surface area contributed by atoms with E-state index in [2.05, 4.69) is 24.9 Å². The Bertz CT molecular complexity index is 1420. The number of rotatable bonds is 10. The summed E-state index contributed by atoms with van der Waals surface area (Å²) in [6.07, 6.45) is 3.91. The molecule has 1 aliphatic rings. The van der Waals surface area contributed by atoms with Crippen LogP contribution in [0.25, 0.3) is 22.8 Å². The van der Waals surface area contributed by atoms with Crippen LogP contribution in [0.5, 0.6) is 17.5 Å². The Morgan fingerprint density at radius 1 is 0.974 bits per heavy atom.